The second-order valence-electron chi connectivity index (χ2n) is 9.14. The smallest absolute Gasteiger partial charge is 0.267 e. The average molecular weight is 526 g/mol. The maximum Gasteiger partial charge on any atom is 0.267 e. The molecule has 6 rings (SSSR count). The summed E-state index contributed by atoms with van der Waals surface area (Å²) >= 11 is 3.27. The summed E-state index contributed by atoms with van der Waals surface area (Å²) < 4.78 is 7.08. The van der Waals surface area contributed by atoms with E-state index in [9.17, 15) is 4.79 Å². The molecule has 3 aromatic carbocycles. The molecule has 0 saturated carbocycles. The molecule has 0 radical (unpaired) electrons. The number of fused-ring (bicyclic) bond motifs is 3. The van der Waals surface area contributed by atoms with Gasteiger partial charge in [0, 0.05) is 30.3 Å². The predicted molar refractivity (Wildman–Crippen MR) is 152 cm³/mol. The number of aromatic nitrogens is 2. The lowest BCUT2D eigenvalue weighted by Crippen LogP contribution is -2.30. The quantitative estimate of drug-likeness (QED) is 0.184. The molecular weight excluding hydrogens is 498 g/mol. The lowest BCUT2D eigenvalue weighted by atomic mass is 10.0. The Morgan fingerprint density at radius 3 is 2.41 bits per heavy atom. The monoisotopic (exact) mass is 525 g/mol. The first-order valence-electron chi connectivity index (χ1n) is 12.3. The minimum Gasteiger partial charge on any atom is -0.497 e. The maximum absolute atomic E-state index is 14.0. The average Bonchev–Trinajstić information content (AvgIpc) is 3.31. The second-order valence-corrected chi connectivity index (χ2v) is 11.2. The van der Waals surface area contributed by atoms with Gasteiger partial charge < -0.3 is 4.74 Å². The number of methoxy groups -OCH3 is 1. The van der Waals surface area contributed by atoms with Crippen LogP contribution in [-0.4, -0.2) is 28.1 Å². The highest BCUT2D eigenvalue weighted by Crippen LogP contribution is 2.35. The molecule has 37 heavy (non-hydrogen) atoms. The van der Waals surface area contributed by atoms with E-state index in [2.05, 4.69) is 47.4 Å². The van der Waals surface area contributed by atoms with Gasteiger partial charge in [0.1, 0.15) is 10.6 Å². The molecule has 7 heteroatoms. The van der Waals surface area contributed by atoms with Gasteiger partial charge in [0.05, 0.1) is 18.2 Å². The molecule has 0 bridgehead atoms. The number of hydrogen-bond acceptors (Lipinski definition) is 6. The van der Waals surface area contributed by atoms with E-state index in [-0.39, 0.29) is 5.56 Å². The Morgan fingerprint density at radius 1 is 0.946 bits per heavy atom. The lowest BCUT2D eigenvalue weighted by molar-refractivity contribution is 0.249. The Hall–Kier alpha value is -3.39. The van der Waals surface area contributed by atoms with Gasteiger partial charge in [0.15, 0.2) is 5.16 Å². The van der Waals surface area contributed by atoms with Crippen molar-refractivity contribution in [2.45, 2.75) is 30.4 Å². The van der Waals surface area contributed by atoms with Crippen LogP contribution in [-0.2, 0) is 25.3 Å². The Bertz CT molecular complexity index is 1580. The molecule has 5 aromatic rings. The number of rotatable bonds is 7. The first-order valence-corrected chi connectivity index (χ1v) is 14.1. The number of benzene rings is 3. The number of thiophene rings is 1. The molecule has 2 aromatic heterocycles. The molecule has 1 aliphatic rings. The van der Waals surface area contributed by atoms with Crippen LogP contribution in [0.3, 0.4) is 0 Å². The molecular formula is C30H27N3O2S2. The van der Waals surface area contributed by atoms with Gasteiger partial charge in [-0.25, -0.2) is 4.98 Å². The van der Waals surface area contributed by atoms with Gasteiger partial charge >= 0.3 is 0 Å². The Balaban J connectivity index is 1.37. The predicted octanol–water partition coefficient (Wildman–Crippen LogP) is 6.31. The van der Waals surface area contributed by atoms with Gasteiger partial charge in [-0.2, -0.15) is 0 Å². The molecule has 0 aliphatic carbocycles. The van der Waals surface area contributed by atoms with E-state index in [0.717, 1.165) is 58.4 Å². The Morgan fingerprint density at radius 2 is 1.68 bits per heavy atom. The van der Waals surface area contributed by atoms with Crippen molar-refractivity contribution in [1.29, 1.82) is 0 Å². The van der Waals surface area contributed by atoms with E-state index in [1.54, 1.807) is 34.8 Å². The van der Waals surface area contributed by atoms with Crippen molar-refractivity contribution >= 4 is 33.3 Å². The van der Waals surface area contributed by atoms with Crippen molar-refractivity contribution in [3.63, 3.8) is 0 Å². The lowest BCUT2D eigenvalue weighted by Gasteiger charge is -2.26. The van der Waals surface area contributed by atoms with Gasteiger partial charge in [-0.05, 0) is 47.4 Å². The summed E-state index contributed by atoms with van der Waals surface area (Å²) in [4.78, 5) is 23.7. The van der Waals surface area contributed by atoms with Crippen LogP contribution in [0.5, 0.6) is 5.75 Å². The van der Waals surface area contributed by atoms with Crippen molar-refractivity contribution < 1.29 is 4.74 Å². The highest BCUT2D eigenvalue weighted by Gasteiger charge is 2.25. The molecule has 0 saturated heterocycles. The van der Waals surface area contributed by atoms with Crippen molar-refractivity contribution in [2.24, 2.45) is 0 Å². The third kappa shape index (κ3) is 4.94. The molecule has 5 nitrogen and oxygen atoms in total. The minimum atomic E-state index is 0.0300. The number of para-hydroxylation sites is 1. The van der Waals surface area contributed by atoms with E-state index in [4.69, 9.17) is 9.72 Å². The number of nitrogens with zero attached hydrogens (tertiary/aromatic N) is 3. The summed E-state index contributed by atoms with van der Waals surface area (Å²) in [5.74, 6) is 1.55. The van der Waals surface area contributed by atoms with Crippen molar-refractivity contribution in [3.05, 3.63) is 117 Å². The van der Waals surface area contributed by atoms with Crippen LogP contribution >= 0.6 is 23.1 Å². The molecule has 0 N–H and O–H groups in total. The fourth-order valence-electron chi connectivity index (χ4n) is 4.82. The van der Waals surface area contributed by atoms with Crippen molar-refractivity contribution in [2.75, 3.05) is 13.7 Å². The summed E-state index contributed by atoms with van der Waals surface area (Å²) in [6, 6.07) is 28.5. The zero-order valence-corrected chi connectivity index (χ0v) is 22.2. The molecule has 0 unspecified atom stereocenters. The fraction of sp³-hybridized carbons (Fsp3) is 0.200. The van der Waals surface area contributed by atoms with Crippen LogP contribution in [0.15, 0.2) is 94.9 Å². The molecule has 186 valence electrons. The third-order valence-corrected chi connectivity index (χ3v) is 8.83. The van der Waals surface area contributed by atoms with Crippen molar-refractivity contribution in [1.82, 2.24) is 14.5 Å². The number of thioether (sulfide) groups is 1. The summed E-state index contributed by atoms with van der Waals surface area (Å²) in [7, 11) is 1.67. The zero-order chi connectivity index (χ0) is 25.2. The Labute approximate surface area is 224 Å². The summed E-state index contributed by atoms with van der Waals surface area (Å²) in [5.41, 5.74) is 4.52. The Kier molecular flexibility index (Phi) is 6.83. The molecule has 0 amide bonds. The van der Waals surface area contributed by atoms with E-state index < -0.39 is 0 Å². The summed E-state index contributed by atoms with van der Waals surface area (Å²) in [6.45, 7) is 2.70. The van der Waals surface area contributed by atoms with E-state index in [1.165, 1.54) is 16.0 Å². The standard InChI is InChI=1S/C30H27N3O2S2/c1-35-24-14-12-22(13-15-24)20-36-30-31-28-27(29(34)33(30)23-10-6-3-7-11-23)25-16-17-32(19-26(25)37-28)18-21-8-4-2-5-9-21/h2-15H,16-20H2,1H3. The highest BCUT2D eigenvalue weighted by atomic mass is 32.2. The first-order chi connectivity index (χ1) is 18.2. The normalized spacial score (nSPS) is 13.5. The first kappa shape index (κ1) is 24.0. The molecule has 0 atom stereocenters. The van der Waals surface area contributed by atoms with Gasteiger partial charge in [-0.3, -0.25) is 14.3 Å². The van der Waals surface area contributed by atoms with Gasteiger partial charge in [-0.1, -0.05) is 72.4 Å². The maximum atomic E-state index is 14.0. The summed E-state index contributed by atoms with van der Waals surface area (Å²) in [6.07, 6.45) is 0.867. The van der Waals surface area contributed by atoms with Crippen LogP contribution < -0.4 is 10.3 Å². The minimum absolute atomic E-state index is 0.0300. The zero-order valence-electron chi connectivity index (χ0n) is 20.6. The SMILES string of the molecule is COc1ccc(CSc2nc3sc4c(c3c(=O)n2-c2ccccc2)CCN(Cc2ccccc2)C4)cc1. The second kappa shape index (κ2) is 10.5. The molecule has 3 heterocycles. The highest BCUT2D eigenvalue weighted by molar-refractivity contribution is 7.98. The van der Waals surface area contributed by atoms with Crippen LogP contribution in [0.2, 0.25) is 0 Å². The third-order valence-electron chi connectivity index (χ3n) is 6.71. The topological polar surface area (TPSA) is 47.4 Å². The van der Waals surface area contributed by atoms with E-state index >= 15 is 0 Å². The molecule has 0 fully saturated rings. The van der Waals surface area contributed by atoms with Gasteiger partial charge in [0.2, 0.25) is 0 Å². The van der Waals surface area contributed by atoms with E-state index in [0.29, 0.717) is 5.75 Å². The van der Waals surface area contributed by atoms with E-state index in [1.807, 2.05) is 42.5 Å². The van der Waals surface area contributed by atoms with Crippen molar-refractivity contribution in [3.8, 4) is 11.4 Å². The summed E-state index contributed by atoms with van der Waals surface area (Å²) in [5, 5.41) is 1.51. The van der Waals surface area contributed by atoms with Gasteiger partial charge in [-0.15, -0.1) is 11.3 Å². The fourth-order valence-corrected chi connectivity index (χ4v) is 7.10. The van der Waals surface area contributed by atoms with Crippen LogP contribution in [0.4, 0.5) is 0 Å². The number of ether oxygens (including phenoxy) is 1. The largest absolute Gasteiger partial charge is 0.497 e. The van der Waals surface area contributed by atoms with Crippen LogP contribution in [0, 0.1) is 0 Å². The van der Waals surface area contributed by atoms with Gasteiger partial charge in [0.25, 0.3) is 5.56 Å². The molecule has 0 spiro atoms. The molecule has 1 aliphatic heterocycles. The van der Waals surface area contributed by atoms with Crippen LogP contribution in [0.25, 0.3) is 15.9 Å². The number of hydrogen-bond donors (Lipinski definition) is 0. The van der Waals surface area contributed by atoms with Crippen LogP contribution in [0.1, 0.15) is 21.6 Å².